The molecule has 3 nitrogen and oxygen atoms in total. The zero-order valence-electron chi connectivity index (χ0n) is 16.2. The van der Waals surface area contributed by atoms with Gasteiger partial charge in [0, 0.05) is 76.6 Å². The second-order valence-electron chi connectivity index (χ2n) is 7.93. The van der Waals surface area contributed by atoms with Gasteiger partial charge in [-0.15, -0.1) is 22.7 Å². The van der Waals surface area contributed by atoms with Gasteiger partial charge in [0.25, 0.3) is 0 Å². The lowest BCUT2D eigenvalue weighted by molar-refractivity contribution is 1.28. The number of pyridine rings is 2. The summed E-state index contributed by atoms with van der Waals surface area (Å²) in [6, 6.07) is 20.1. The molecule has 31 heavy (non-hydrogen) atoms. The highest BCUT2D eigenvalue weighted by atomic mass is 32.1. The van der Waals surface area contributed by atoms with E-state index in [0.29, 0.717) is 0 Å². The molecule has 0 atom stereocenters. The number of fused-ring (bicyclic) bond motifs is 13. The SMILES string of the molecule is c1ccc2c(c1)sc1cc3sc4c(ccc5c6cnccc6c6nccn6c54)c3cc12. The molecule has 0 saturated carbocycles. The summed E-state index contributed by atoms with van der Waals surface area (Å²) < 4.78 is 7.59. The lowest BCUT2D eigenvalue weighted by atomic mass is 10.0. The maximum Gasteiger partial charge on any atom is 0.145 e. The number of thiophene rings is 2. The summed E-state index contributed by atoms with van der Waals surface area (Å²) in [7, 11) is 0. The van der Waals surface area contributed by atoms with Crippen molar-refractivity contribution in [3.8, 4) is 0 Å². The molecule has 5 heterocycles. The lowest BCUT2D eigenvalue weighted by Crippen LogP contribution is -1.91. The standard InChI is InChI=1S/C26H13N3S2/c1-2-4-21-14(3-1)18-11-19-16-6-5-15-20-13-27-8-7-17(20)26-28-9-10-29(26)24(15)25(16)31-23(19)12-22(18)30-21/h1-13H. The Kier molecular flexibility index (Phi) is 2.91. The van der Waals surface area contributed by atoms with Crippen molar-refractivity contribution in [2.75, 3.05) is 0 Å². The Hall–Kier alpha value is -3.54. The molecule has 5 aromatic heterocycles. The van der Waals surface area contributed by atoms with E-state index >= 15 is 0 Å². The zero-order valence-corrected chi connectivity index (χ0v) is 17.8. The second kappa shape index (κ2) is 5.58. The first kappa shape index (κ1) is 16.2. The predicted molar refractivity (Wildman–Crippen MR) is 134 cm³/mol. The fourth-order valence-electron chi connectivity index (χ4n) is 4.99. The summed E-state index contributed by atoms with van der Waals surface area (Å²) in [6.45, 7) is 0. The van der Waals surface area contributed by atoms with Crippen molar-refractivity contribution in [3.05, 3.63) is 79.4 Å². The first-order valence-corrected chi connectivity index (χ1v) is 11.8. The van der Waals surface area contributed by atoms with Gasteiger partial charge in [-0.25, -0.2) is 4.98 Å². The van der Waals surface area contributed by atoms with Crippen LogP contribution in [0, 0.1) is 0 Å². The smallest absolute Gasteiger partial charge is 0.145 e. The monoisotopic (exact) mass is 431 g/mol. The summed E-state index contributed by atoms with van der Waals surface area (Å²) >= 11 is 3.76. The Morgan fingerprint density at radius 2 is 1.52 bits per heavy atom. The molecule has 0 radical (unpaired) electrons. The van der Waals surface area contributed by atoms with E-state index in [1.807, 2.05) is 41.3 Å². The van der Waals surface area contributed by atoms with Crippen LogP contribution in [0.4, 0.5) is 0 Å². The van der Waals surface area contributed by atoms with Crippen LogP contribution < -0.4 is 0 Å². The minimum atomic E-state index is 0.988. The van der Waals surface area contributed by atoms with E-state index in [9.17, 15) is 0 Å². The highest BCUT2D eigenvalue weighted by Gasteiger charge is 2.16. The van der Waals surface area contributed by atoms with Gasteiger partial charge in [-0.05, 0) is 24.3 Å². The molecule has 0 bridgehead atoms. The van der Waals surface area contributed by atoms with Crippen molar-refractivity contribution in [1.82, 2.24) is 14.4 Å². The third-order valence-corrected chi connectivity index (χ3v) is 8.66. The Labute approximate surface area is 183 Å². The third kappa shape index (κ3) is 1.98. The summed E-state index contributed by atoms with van der Waals surface area (Å²) in [5.41, 5.74) is 2.21. The highest BCUT2D eigenvalue weighted by Crippen LogP contribution is 2.44. The van der Waals surface area contributed by atoms with Crippen LogP contribution in [-0.2, 0) is 0 Å². The molecule has 8 aromatic rings. The van der Waals surface area contributed by atoms with Crippen LogP contribution in [0.1, 0.15) is 0 Å². The molecule has 8 rings (SSSR count). The van der Waals surface area contributed by atoms with E-state index in [0.717, 1.165) is 16.4 Å². The van der Waals surface area contributed by atoms with Crippen molar-refractivity contribution >= 4 is 90.3 Å². The van der Waals surface area contributed by atoms with Gasteiger partial charge in [0.05, 0.1) is 10.2 Å². The molecule has 3 aromatic carbocycles. The Morgan fingerprint density at radius 3 is 2.52 bits per heavy atom. The zero-order chi connectivity index (χ0) is 20.1. The van der Waals surface area contributed by atoms with Crippen LogP contribution in [0.15, 0.2) is 79.4 Å². The number of benzene rings is 3. The Balaban J connectivity index is 1.62. The van der Waals surface area contributed by atoms with Crippen molar-refractivity contribution in [1.29, 1.82) is 0 Å². The van der Waals surface area contributed by atoms with Gasteiger partial charge >= 0.3 is 0 Å². The van der Waals surface area contributed by atoms with E-state index in [2.05, 4.69) is 75.2 Å². The quantitative estimate of drug-likeness (QED) is 0.230. The van der Waals surface area contributed by atoms with Crippen LogP contribution in [0.2, 0.25) is 0 Å². The van der Waals surface area contributed by atoms with E-state index < -0.39 is 0 Å². The summed E-state index contributed by atoms with van der Waals surface area (Å²) in [4.78, 5) is 9.07. The number of aromatic nitrogens is 3. The number of rotatable bonds is 0. The molecule has 0 unspecified atom stereocenters. The van der Waals surface area contributed by atoms with Gasteiger partial charge < -0.3 is 0 Å². The molecule has 0 spiro atoms. The van der Waals surface area contributed by atoms with Crippen molar-refractivity contribution in [3.63, 3.8) is 0 Å². The van der Waals surface area contributed by atoms with Crippen molar-refractivity contribution < 1.29 is 0 Å². The average Bonchev–Trinajstić information content (AvgIpc) is 3.52. The van der Waals surface area contributed by atoms with E-state index in [1.165, 1.54) is 51.2 Å². The molecular weight excluding hydrogens is 418 g/mol. The number of hydrogen-bond acceptors (Lipinski definition) is 4. The maximum absolute atomic E-state index is 4.67. The number of imidazole rings is 1. The molecule has 0 aliphatic rings. The number of hydrogen-bond donors (Lipinski definition) is 0. The van der Waals surface area contributed by atoms with Gasteiger partial charge in [0.15, 0.2) is 0 Å². The Morgan fingerprint density at radius 1 is 0.645 bits per heavy atom. The summed E-state index contributed by atoms with van der Waals surface area (Å²) in [5, 5.41) is 8.85. The van der Waals surface area contributed by atoms with Crippen LogP contribution in [0.3, 0.4) is 0 Å². The summed E-state index contributed by atoms with van der Waals surface area (Å²) in [6.07, 6.45) is 7.78. The van der Waals surface area contributed by atoms with Crippen LogP contribution in [-0.4, -0.2) is 14.4 Å². The minimum absolute atomic E-state index is 0.988. The van der Waals surface area contributed by atoms with Crippen molar-refractivity contribution in [2.45, 2.75) is 0 Å². The topological polar surface area (TPSA) is 30.2 Å². The molecule has 0 saturated heterocycles. The molecular formula is C26H13N3S2. The molecule has 0 aliphatic heterocycles. The third-order valence-electron chi connectivity index (χ3n) is 6.35. The molecule has 5 heteroatoms. The van der Waals surface area contributed by atoms with Gasteiger partial charge in [-0.2, -0.15) is 0 Å². The van der Waals surface area contributed by atoms with Gasteiger partial charge in [0.1, 0.15) is 5.65 Å². The van der Waals surface area contributed by atoms with Crippen LogP contribution in [0.5, 0.6) is 0 Å². The minimum Gasteiger partial charge on any atom is -0.298 e. The maximum atomic E-state index is 4.67. The van der Waals surface area contributed by atoms with Crippen molar-refractivity contribution in [2.24, 2.45) is 0 Å². The highest BCUT2D eigenvalue weighted by molar-refractivity contribution is 7.28. The Bertz CT molecular complexity index is 2010. The number of nitrogens with zero attached hydrogens (tertiary/aromatic N) is 3. The molecule has 0 N–H and O–H groups in total. The van der Waals surface area contributed by atoms with E-state index in [-0.39, 0.29) is 0 Å². The molecule has 0 aliphatic carbocycles. The van der Waals surface area contributed by atoms with Crippen LogP contribution in [0.25, 0.3) is 67.7 Å². The normalized spacial score (nSPS) is 12.5. The lowest BCUT2D eigenvalue weighted by Gasteiger charge is -2.08. The second-order valence-corrected chi connectivity index (χ2v) is 10.1. The molecule has 144 valence electrons. The predicted octanol–water partition coefficient (Wildman–Crippen LogP) is 7.77. The van der Waals surface area contributed by atoms with E-state index in [4.69, 9.17) is 0 Å². The molecule has 0 amide bonds. The fraction of sp³-hybridized carbons (Fsp3) is 0. The van der Waals surface area contributed by atoms with E-state index in [1.54, 1.807) is 0 Å². The van der Waals surface area contributed by atoms with Gasteiger partial charge in [-0.3, -0.25) is 9.38 Å². The van der Waals surface area contributed by atoms with Crippen LogP contribution >= 0.6 is 22.7 Å². The average molecular weight is 432 g/mol. The van der Waals surface area contributed by atoms with Gasteiger partial charge in [-0.1, -0.05) is 30.3 Å². The first-order chi connectivity index (χ1) is 15.4. The molecule has 0 fully saturated rings. The largest absolute Gasteiger partial charge is 0.298 e. The van der Waals surface area contributed by atoms with Gasteiger partial charge in [0.2, 0.25) is 0 Å². The summed E-state index contributed by atoms with van der Waals surface area (Å²) in [5.74, 6) is 0. The fourth-order valence-corrected chi connectivity index (χ4v) is 7.46. The first-order valence-electron chi connectivity index (χ1n) is 10.2.